The monoisotopic (exact) mass is 419 g/mol. The molecule has 0 saturated heterocycles. The van der Waals surface area contributed by atoms with Crippen molar-refractivity contribution in [2.24, 2.45) is 0 Å². The Labute approximate surface area is 173 Å². The number of para-hydroxylation sites is 1. The zero-order chi connectivity index (χ0) is 21.4. The third-order valence-corrected chi connectivity index (χ3v) is 4.81. The summed E-state index contributed by atoms with van der Waals surface area (Å²) in [5.41, 5.74) is 1.36. The van der Waals surface area contributed by atoms with Crippen LogP contribution in [0.2, 0.25) is 0 Å². The average Bonchev–Trinajstić information content (AvgIpc) is 3.23. The van der Waals surface area contributed by atoms with Gasteiger partial charge in [0.2, 0.25) is 0 Å². The van der Waals surface area contributed by atoms with E-state index in [-0.39, 0.29) is 12.1 Å². The summed E-state index contributed by atoms with van der Waals surface area (Å²) in [6, 6.07) is 9.82. The smallest absolute Gasteiger partial charge is 0.265 e. The summed E-state index contributed by atoms with van der Waals surface area (Å²) in [5.74, 6) is -0.673. The molecule has 0 bridgehead atoms. The van der Waals surface area contributed by atoms with E-state index >= 15 is 0 Å². The minimum Gasteiger partial charge on any atom is -0.368 e. The van der Waals surface area contributed by atoms with E-state index in [1.807, 2.05) is 0 Å². The van der Waals surface area contributed by atoms with Crippen molar-refractivity contribution in [3.05, 3.63) is 82.9 Å². The highest BCUT2D eigenvalue weighted by atomic mass is 19.1. The molecule has 3 aromatic heterocycles. The molecule has 0 unspecified atom stereocenters. The van der Waals surface area contributed by atoms with Crippen molar-refractivity contribution >= 4 is 27.9 Å². The molecule has 0 fully saturated rings. The van der Waals surface area contributed by atoms with E-state index in [1.165, 1.54) is 17.2 Å². The van der Waals surface area contributed by atoms with Crippen LogP contribution in [0.25, 0.3) is 27.8 Å². The van der Waals surface area contributed by atoms with E-state index in [1.54, 1.807) is 24.3 Å². The molecule has 0 radical (unpaired) electrons. The third-order valence-electron chi connectivity index (χ3n) is 4.81. The van der Waals surface area contributed by atoms with Crippen molar-refractivity contribution in [2.75, 3.05) is 11.9 Å². The molecule has 0 spiro atoms. The average molecular weight is 419 g/mol. The van der Waals surface area contributed by atoms with E-state index in [2.05, 4.69) is 30.2 Å². The molecule has 5 aromatic rings. The number of imidazole rings is 1. The summed E-state index contributed by atoms with van der Waals surface area (Å²) >= 11 is 0. The second-order valence-corrected chi connectivity index (χ2v) is 6.81. The van der Waals surface area contributed by atoms with Gasteiger partial charge in [-0.05, 0) is 24.3 Å². The molecule has 10 heteroatoms. The second-order valence-electron chi connectivity index (χ2n) is 6.81. The predicted molar refractivity (Wildman–Crippen MR) is 111 cm³/mol. The van der Waals surface area contributed by atoms with Crippen molar-refractivity contribution in [1.29, 1.82) is 0 Å². The number of hydrogen-bond acceptors (Lipinski definition) is 6. The lowest BCUT2D eigenvalue weighted by atomic mass is 10.2. The van der Waals surface area contributed by atoms with E-state index in [0.717, 1.165) is 18.2 Å². The summed E-state index contributed by atoms with van der Waals surface area (Å²) in [5, 5.41) is 3.51. The lowest BCUT2D eigenvalue weighted by Crippen LogP contribution is -2.25. The van der Waals surface area contributed by atoms with Crippen molar-refractivity contribution in [2.45, 2.75) is 6.42 Å². The summed E-state index contributed by atoms with van der Waals surface area (Å²) < 4.78 is 29.0. The molecule has 0 aliphatic carbocycles. The Morgan fingerprint density at radius 1 is 1.03 bits per heavy atom. The van der Waals surface area contributed by atoms with Crippen LogP contribution >= 0.6 is 0 Å². The molecule has 3 heterocycles. The molecule has 0 amide bonds. The van der Waals surface area contributed by atoms with Crippen LogP contribution in [0.4, 0.5) is 14.6 Å². The number of aromatic nitrogens is 6. The Hall–Kier alpha value is -4.21. The SMILES string of the molecule is O=c1c2ccccc2nc(CCNc2ncnc3[nH]cnc23)n1-c1cc(F)cc(F)c1. The first kappa shape index (κ1) is 18.8. The van der Waals surface area contributed by atoms with Crippen LogP contribution in [0.1, 0.15) is 5.82 Å². The number of hydrogen-bond donors (Lipinski definition) is 2. The van der Waals surface area contributed by atoms with Gasteiger partial charge in [0, 0.05) is 19.0 Å². The van der Waals surface area contributed by atoms with Gasteiger partial charge in [-0.25, -0.2) is 28.7 Å². The Morgan fingerprint density at radius 2 is 1.84 bits per heavy atom. The fourth-order valence-electron chi connectivity index (χ4n) is 3.47. The van der Waals surface area contributed by atoms with Crippen molar-refractivity contribution in [3.63, 3.8) is 0 Å². The van der Waals surface area contributed by atoms with Gasteiger partial charge in [0.05, 0.1) is 22.9 Å². The Morgan fingerprint density at radius 3 is 2.68 bits per heavy atom. The number of benzene rings is 2. The number of rotatable bonds is 5. The summed E-state index contributed by atoms with van der Waals surface area (Å²) in [4.78, 5) is 33.1. The minimum absolute atomic E-state index is 0.0764. The van der Waals surface area contributed by atoms with Gasteiger partial charge in [-0.3, -0.25) is 9.36 Å². The molecule has 2 N–H and O–H groups in total. The summed E-state index contributed by atoms with van der Waals surface area (Å²) in [6.45, 7) is 0.349. The maximum Gasteiger partial charge on any atom is 0.265 e. The maximum absolute atomic E-state index is 13.9. The number of halogens is 2. The molecule has 0 atom stereocenters. The molecular weight excluding hydrogens is 404 g/mol. The standard InChI is InChI=1S/C21H15F2N7O/c22-12-7-13(23)9-14(8-12)30-17(29-16-4-2-1-3-15(16)21(30)31)5-6-24-19-18-20(26-10-25-18)28-11-27-19/h1-4,7-11H,5-6H2,(H2,24,25,26,27,28). The fourth-order valence-corrected chi connectivity index (χ4v) is 3.47. The largest absolute Gasteiger partial charge is 0.368 e. The van der Waals surface area contributed by atoms with Crippen LogP contribution < -0.4 is 10.9 Å². The molecular formula is C21H15F2N7O. The number of H-pyrrole nitrogens is 1. The normalized spacial score (nSPS) is 11.3. The zero-order valence-electron chi connectivity index (χ0n) is 16.0. The molecule has 0 saturated carbocycles. The number of nitrogens with zero attached hydrogens (tertiary/aromatic N) is 5. The fraction of sp³-hybridized carbons (Fsp3) is 0.0952. The number of nitrogens with one attached hydrogen (secondary N) is 2. The van der Waals surface area contributed by atoms with Crippen LogP contribution in [0.5, 0.6) is 0 Å². The van der Waals surface area contributed by atoms with Gasteiger partial charge in [-0.2, -0.15) is 0 Å². The zero-order valence-corrected chi connectivity index (χ0v) is 16.0. The second kappa shape index (κ2) is 7.56. The van der Waals surface area contributed by atoms with E-state index in [0.29, 0.717) is 40.3 Å². The van der Waals surface area contributed by atoms with Crippen LogP contribution in [-0.2, 0) is 6.42 Å². The minimum atomic E-state index is -0.777. The molecule has 0 aliphatic heterocycles. The Bertz CT molecular complexity index is 1460. The quantitative estimate of drug-likeness (QED) is 0.454. The third kappa shape index (κ3) is 3.48. The lowest BCUT2D eigenvalue weighted by molar-refractivity contribution is 0.580. The highest BCUT2D eigenvalue weighted by Crippen LogP contribution is 2.17. The summed E-state index contributed by atoms with van der Waals surface area (Å²) in [7, 11) is 0. The van der Waals surface area contributed by atoms with Gasteiger partial charge in [0.25, 0.3) is 5.56 Å². The highest BCUT2D eigenvalue weighted by molar-refractivity contribution is 5.82. The topological polar surface area (TPSA) is 101 Å². The highest BCUT2D eigenvalue weighted by Gasteiger charge is 2.15. The Kier molecular flexibility index (Phi) is 4.58. The maximum atomic E-state index is 13.9. The van der Waals surface area contributed by atoms with Crippen LogP contribution in [0, 0.1) is 11.6 Å². The molecule has 5 rings (SSSR count). The van der Waals surface area contributed by atoms with E-state index < -0.39 is 17.2 Å². The van der Waals surface area contributed by atoms with Crippen LogP contribution in [-0.4, -0.2) is 36.0 Å². The molecule has 8 nitrogen and oxygen atoms in total. The Balaban J connectivity index is 1.55. The van der Waals surface area contributed by atoms with Gasteiger partial charge in [0.15, 0.2) is 11.5 Å². The first-order valence-electron chi connectivity index (χ1n) is 9.45. The first-order chi connectivity index (χ1) is 15.1. The number of aromatic amines is 1. The predicted octanol–water partition coefficient (Wildman–Crippen LogP) is 2.98. The molecule has 0 aliphatic rings. The van der Waals surface area contributed by atoms with Crippen LogP contribution in [0.3, 0.4) is 0 Å². The van der Waals surface area contributed by atoms with Crippen molar-refractivity contribution in [1.82, 2.24) is 29.5 Å². The van der Waals surface area contributed by atoms with Crippen molar-refractivity contribution < 1.29 is 8.78 Å². The summed E-state index contributed by atoms with van der Waals surface area (Å²) in [6.07, 6.45) is 3.21. The molecule has 31 heavy (non-hydrogen) atoms. The van der Waals surface area contributed by atoms with Crippen molar-refractivity contribution in [3.8, 4) is 5.69 Å². The number of anilines is 1. The van der Waals surface area contributed by atoms with E-state index in [9.17, 15) is 13.6 Å². The van der Waals surface area contributed by atoms with Gasteiger partial charge >= 0.3 is 0 Å². The van der Waals surface area contributed by atoms with Crippen LogP contribution in [0.15, 0.2) is 59.9 Å². The van der Waals surface area contributed by atoms with Gasteiger partial charge in [0.1, 0.15) is 29.3 Å². The van der Waals surface area contributed by atoms with Gasteiger partial charge in [-0.1, -0.05) is 12.1 Å². The van der Waals surface area contributed by atoms with Gasteiger partial charge < -0.3 is 10.3 Å². The van der Waals surface area contributed by atoms with E-state index in [4.69, 9.17) is 0 Å². The lowest BCUT2D eigenvalue weighted by Gasteiger charge is -2.14. The molecule has 154 valence electrons. The van der Waals surface area contributed by atoms with Gasteiger partial charge in [-0.15, -0.1) is 0 Å². The molecule has 2 aromatic carbocycles. The first-order valence-corrected chi connectivity index (χ1v) is 9.45. The number of fused-ring (bicyclic) bond motifs is 2.